The van der Waals surface area contributed by atoms with Crippen molar-refractivity contribution in [1.29, 1.82) is 0 Å². The highest BCUT2D eigenvalue weighted by molar-refractivity contribution is 6.15. The molecule has 2 saturated heterocycles. The van der Waals surface area contributed by atoms with Crippen molar-refractivity contribution in [3.8, 4) is 5.75 Å². The molecule has 2 aromatic rings. The van der Waals surface area contributed by atoms with Gasteiger partial charge in [0.05, 0.1) is 54.5 Å². The summed E-state index contributed by atoms with van der Waals surface area (Å²) in [5.74, 6) is -8.89. The van der Waals surface area contributed by atoms with E-state index in [0.717, 1.165) is 17.1 Å². The van der Waals surface area contributed by atoms with Gasteiger partial charge in [0.15, 0.2) is 6.10 Å². The molecule has 2 fully saturated rings. The molecule has 29 heteroatoms. The number of carboxylic acids is 1. The molecule has 0 unspecified atom stereocenters. The third-order valence-electron chi connectivity index (χ3n) is 17.1. The number of carbonyl (C=O) groups excluding carboxylic acids is 9. The van der Waals surface area contributed by atoms with Crippen LogP contribution in [0.15, 0.2) is 60.7 Å². The first-order valence-electron chi connectivity index (χ1n) is 30.8. The number of hydrogen-bond acceptors (Lipinski definition) is 20. The summed E-state index contributed by atoms with van der Waals surface area (Å²) in [5, 5.41) is 62.8. The molecular weight excluding hydrogens is 1200 g/mol. The van der Waals surface area contributed by atoms with E-state index in [1.807, 2.05) is 19.9 Å². The van der Waals surface area contributed by atoms with Gasteiger partial charge in [-0.2, -0.15) is 0 Å². The zero-order valence-corrected chi connectivity index (χ0v) is 54.3. The number of aliphatic carboxylic acids is 1. The number of amides is 9. The van der Waals surface area contributed by atoms with Crippen LogP contribution in [0.25, 0.3) is 0 Å². The van der Waals surface area contributed by atoms with Crippen molar-refractivity contribution in [2.75, 3.05) is 53.3 Å². The van der Waals surface area contributed by atoms with Gasteiger partial charge in [-0.3, -0.25) is 48.2 Å². The standard InChI is InChI=1S/C63H93N9O20/c1-13-34(6)50(43(88-11)29-47(76)71-27-17-20-40(71)55(89-12)35(7)57(81)66-36(8)51(77)38-18-15-14-16-19-38)69(9)60(84)48(32(2)3)68-59(83)49(33(4)5)70(10)63(87)90-31-37-21-22-42(91-62-54(80)52(78)53(79)56(92-62)61(85)86)39(28-37)67-44(73)25-26-65-58(82)41(30-64)72-45(74)23-24-46(72)75/h14-16,18-19,21-24,28,32-36,40-41,43,48-56,62,77-80H,13,17,20,25-27,29-31,64H2,1-12H3,(H,65,82)(H,66,81)(H,67,73)(H,68,83)(H,85,86)/t34-,35+,36+,40-,41-,43+,48-,49-,50-,51+,52-,53-,54+,55+,56-,62+/m0/s1. The lowest BCUT2D eigenvalue weighted by molar-refractivity contribution is -0.271. The van der Waals surface area contributed by atoms with Crippen LogP contribution in [0.5, 0.6) is 5.75 Å². The van der Waals surface area contributed by atoms with E-state index >= 15 is 0 Å². The van der Waals surface area contributed by atoms with Crippen molar-refractivity contribution in [3.63, 3.8) is 0 Å². The van der Waals surface area contributed by atoms with E-state index < -0.39 is 170 Å². The second-order valence-corrected chi connectivity index (χ2v) is 24.2. The predicted molar refractivity (Wildman–Crippen MR) is 330 cm³/mol. The van der Waals surface area contributed by atoms with Crippen LogP contribution in [0.1, 0.15) is 105 Å². The fourth-order valence-electron chi connectivity index (χ4n) is 11.8. The molecule has 0 bridgehead atoms. The van der Waals surface area contributed by atoms with Gasteiger partial charge in [0, 0.05) is 66.5 Å². The van der Waals surface area contributed by atoms with Crippen molar-refractivity contribution in [3.05, 3.63) is 71.8 Å². The number of anilines is 1. The smallest absolute Gasteiger partial charge is 0.410 e. The molecule has 3 heterocycles. The molecule has 9 amide bonds. The first-order valence-corrected chi connectivity index (χ1v) is 30.8. The molecule has 510 valence electrons. The summed E-state index contributed by atoms with van der Waals surface area (Å²) in [6.45, 7) is 13.3. The van der Waals surface area contributed by atoms with E-state index in [-0.39, 0.29) is 47.7 Å². The number of benzene rings is 2. The van der Waals surface area contributed by atoms with Gasteiger partial charge in [-0.25, -0.2) is 9.59 Å². The van der Waals surface area contributed by atoms with E-state index in [1.54, 1.807) is 77.8 Å². The molecule has 3 aliphatic heterocycles. The number of nitrogens with two attached hydrogens (primary N) is 1. The van der Waals surface area contributed by atoms with Crippen LogP contribution in [0.2, 0.25) is 0 Å². The van der Waals surface area contributed by atoms with Crippen LogP contribution in [-0.4, -0.2) is 232 Å². The summed E-state index contributed by atoms with van der Waals surface area (Å²) in [6.07, 6.45) is -10.4. The number of carboxylic acid groups (broad SMARTS) is 1. The summed E-state index contributed by atoms with van der Waals surface area (Å²) in [7, 11) is 5.88. The Morgan fingerprint density at radius 3 is 2.04 bits per heavy atom. The van der Waals surface area contributed by atoms with Crippen LogP contribution in [-0.2, 0) is 68.7 Å². The maximum absolute atomic E-state index is 14.9. The van der Waals surface area contributed by atoms with Gasteiger partial charge < -0.3 is 86.0 Å². The Balaban J connectivity index is 1.28. The predicted octanol–water partition coefficient (Wildman–Crippen LogP) is 0.547. The Kier molecular flexibility index (Phi) is 28.0. The maximum Gasteiger partial charge on any atom is 0.410 e. The van der Waals surface area contributed by atoms with Crippen LogP contribution in [0, 0.1) is 23.7 Å². The molecule has 11 N–H and O–H groups in total. The minimum absolute atomic E-state index is 0.136. The maximum atomic E-state index is 14.9. The molecule has 16 atom stereocenters. The van der Waals surface area contributed by atoms with E-state index in [0.29, 0.717) is 36.3 Å². The van der Waals surface area contributed by atoms with Crippen molar-refractivity contribution >= 4 is 65.0 Å². The van der Waals surface area contributed by atoms with Gasteiger partial charge in [0.2, 0.25) is 41.7 Å². The Hall–Kier alpha value is -7.64. The van der Waals surface area contributed by atoms with Crippen LogP contribution in [0.3, 0.4) is 0 Å². The monoisotopic (exact) mass is 1300 g/mol. The van der Waals surface area contributed by atoms with E-state index in [1.165, 1.54) is 44.4 Å². The molecule has 0 radical (unpaired) electrons. The molecule has 29 nitrogen and oxygen atoms in total. The Labute approximate surface area is 535 Å². The van der Waals surface area contributed by atoms with Gasteiger partial charge in [-0.15, -0.1) is 0 Å². The first-order chi connectivity index (χ1) is 43.4. The number of nitrogens with one attached hydrogen (secondary N) is 4. The Bertz CT molecular complexity index is 2920. The second kappa shape index (κ2) is 34.3. The Morgan fingerprint density at radius 2 is 1.47 bits per heavy atom. The van der Waals surface area contributed by atoms with Crippen molar-refractivity contribution in [2.45, 2.75) is 179 Å². The van der Waals surface area contributed by atoms with Gasteiger partial charge in [0.25, 0.3) is 11.8 Å². The number of nitrogens with zero attached hydrogens (tertiary/aromatic N) is 4. The third-order valence-corrected chi connectivity index (χ3v) is 17.1. The van der Waals surface area contributed by atoms with E-state index in [4.69, 9.17) is 29.4 Å². The summed E-state index contributed by atoms with van der Waals surface area (Å²) >= 11 is 0. The molecule has 0 aliphatic carbocycles. The number of ether oxygens (including phenoxy) is 5. The lowest BCUT2D eigenvalue weighted by Crippen LogP contribution is -2.61. The largest absolute Gasteiger partial charge is 0.479 e. The summed E-state index contributed by atoms with van der Waals surface area (Å²) in [4.78, 5) is 139. The Morgan fingerprint density at radius 1 is 0.815 bits per heavy atom. The average Bonchev–Trinajstić information content (AvgIpc) is 0.878. The molecule has 2 aromatic carbocycles. The number of likely N-dealkylation sites (N-methyl/N-ethyl adjacent to an activating group) is 2. The summed E-state index contributed by atoms with van der Waals surface area (Å²) in [6, 6.07) is 7.32. The molecule has 0 saturated carbocycles. The van der Waals surface area contributed by atoms with Crippen molar-refractivity contribution < 1.29 is 97.2 Å². The number of hydrogen-bond donors (Lipinski definition) is 10. The molecule has 0 spiro atoms. The van der Waals surface area contributed by atoms with Crippen LogP contribution >= 0.6 is 0 Å². The third kappa shape index (κ3) is 18.6. The van der Waals surface area contributed by atoms with Gasteiger partial charge in [0.1, 0.15) is 48.8 Å². The molecule has 3 aliphatic rings. The highest BCUT2D eigenvalue weighted by Gasteiger charge is 2.49. The number of aliphatic hydroxyl groups is 4. The SMILES string of the molecule is CC[C@H](C)[C@@H]([C@@H](CC(=O)N1CCC[C@H]1[C@H](OC)[C@@H](C)C(=O)N[C@H](C)[C@@H](O)c1ccccc1)OC)N(C)C(=O)[C@@H](NC(=O)[C@H](C(C)C)N(C)C(=O)OCc1ccc(O[C@@H]2O[C@H](C(=O)O)[C@@H](O)[C@H](O)[C@H]2O)c(NC(=O)CCNC(=O)[C@H](CN)N2C(=O)C=CC2=O)c1)C(C)C. The summed E-state index contributed by atoms with van der Waals surface area (Å²) in [5.41, 5.74) is 6.36. The topological polar surface area (TPSA) is 405 Å². The molecular formula is C63H93N9O20. The van der Waals surface area contributed by atoms with E-state index in [9.17, 15) is 73.5 Å². The molecule has 0 aromatic heterocycles. The zero-order chi connectivity index (χ0) is 68.6. The lowest BCUT2D eigenvalue weighted by atomic mass is 9.89. The first kappa shape index (κ1) is 75.1. The minimum Gasteiger partial charge on any atom is -0.479 e. The average molecular weight is 1300 g/mol. The van der Waals surface area contributed by atoms with Gasteiger partial charge in [-0.1, -0.05) is 91.3 Å². The van der Waals surface area contributed by atoms with Crippen molar-refractivity contribution in [1.82, 2.24) is 35.6 Å². The highest BCUT2D eigenvalue weighted by Crippen LogP contribution is 2.33. The number of carbonyl (C=O) groups is 10. The normalized spacial score (nSPS) is 22.2. The lowest BCUT2D eigenvalue weighted by Gasteiger charge is -2.41. The number of aliphatic hydroxyl groups excluding tert-OH is 4. The zero-order valence-electron chi connectivity index (χ0n) is 54.3. The van der Waals surface area contributed by atoms with Gasteiger partial charge >= 0.3 is 12.1 Å². The number of rotatable bonds is 32. The van der Waals surface area contributed by atoms with E-state index in [2.05, 4.69) is 21.3 Å². The fourth-order valence-corrected chi connectivity index (χ4v) is 11.8. The molecule has 92 heavy (non-hydrogen) atoms. The second-order valence-electron chi connectivity index (χ2n) is 24.2. The van der Waals surface area contributed by atoms with Crippen molar-refractivity contribution in [2.24, 2.45) is 29.4 Å². The summed E-state index contributed by atoms with van der Waals surface area (Å²) < 4.78 is 28.8. The number of methoxy groups -OCH3 is 2. The molecule has 5 rings (SSSR count). The number of likely N-dealkylation sites (tertiary alicyclic amines) is 1. The van der Waals surface area contributed by atoms with Crippen LogP contribution in [0.4, 0.5) is 10.5 Å². The minimum atomic E-state index is -2.05. The fraction of sp³-hybridized carbons (Fsp3) is 0.619. The highest BCUT2D eigenvalue weighted by atomic mass is 16.7. The van der Waals surface area contributed by atoms with Crippen LogP contribution < -0.4 is 31.7 Å². The number of imide groups is 1. The van der Waals surface area contributed by atoms with Gasteiger partial charge in [-0.05, 0) is 60.8 Å². The quantitative estimate of drug-likeness (QED) is 0.0447.